The van der Waals surface area contributed by atoms with Gasteiger partial charge in [-0.2, -0.15) is 0 Å². The highest BCUT2D eigenvalue weighted by atomic mass is 16.2. The fourth-order valence-corrected chi connectivity index (χ4v) is 4.14. The highest BCUT2D eigenvalue weighted by Crippen LogP contribution is 2.29. The highest BCUT2D eigenvalue weighted by Gasteiger charge is 2.36. The molecule has 4 heteroatoms. The normalized spacial score (nSPS) is 34.3. The van der Waals surface area contributed by atoms with Crippen molar-refractivity contribution >= 4 is 5.91 Å². The van der Waals surface area contributed by atoms with E-state index in [-0.39, 0.29) is 11.8 Å². The van der Waals surface area contributed by atoms with Crippen LogP contribution in [0.25, 0.3) is 0 Å². The molecule has 4 aliphatic heterocycles. The van der Waals surface area contributed by atoms with E-state index in [0.717, 1.165) is 19.6 Å². The van der Waals surface area contributed by atoms with Gasteiger partial charge in [0, 0.05) is 25.7 Å². The summed E-state index contributed by atoms with van der Waals surface area (Å²) in [6, 6.07) is 8.67. The van der Waals surface area contributed by atoms with E-state index in [2.05, 4.69) is 27.7 Å². The largest absolute Gasteiger partial charge is 0.351 e. The van der Waals surface area contributed by atoms with Crippen LogP contribution in [0.3, 0.4) is 0 Å². The monoisotopic (exact) mass is 285 g/mol. The number of carbonyl (C=O) groups excluding carboxylic acids is 1. The maximum absolute atomic E-state index is 12.7. The molecule has 0 aliphatic carbocycles. The molecule has 21 heavy (non-hydrogen) atoms. The summed E-state index contributed by atoms with van der Waals surface area (Å²) in [7, 11) is 0. The molecule has 0 aromatic heterocycles. The molecule has 5 rings (SSSR count). The van der Waals surface area contributed by atoms with Crippen LogP contribution in [-0.2, 0) is 11.3 Å². The molecule has 2 bridgehead atoms. The Balaban J connectivity index is 1.49. The Morgan fingerprint density at radius 3 is 2.81 bits per heavy atom. The number of hydrogen-bond donors (Lipinski definition) is 2. The molecule has 2 atom stereocenters. The number of nitrogens with one attached hydrogen (secondary N) is 2. The summed E-state index contributed by atoms with van der Waals surface area (Å²) in [4.78, 5) is 15.2. The third kappa shape index (κ3) is 2.47. The van der Waals surface area contributed by atoms with Crippen molar-refractivity contribution in [3.05, 3.63) is 35.4 Å². The van der Waals surface area contributed by atoms with Gasteiger partial charge in [0.2, 0.25) is 5.91 Å². The van der Waals surface area contributed by atoms with Gasteiger partial charge < -0.3 is 15.5 Å². The average Bonchev–Trinajstić information content (AvgIpc) is 2.55. The second-order valence-corrected chi connectivity index (χ2v) is 6.64. The molecule has 4 heterocycles. The summed E-state index contributed by atoms with van der Waals surface area (Å²) in [6.45, 7) is 5.09. The zero-order chi connectivity index (χ0) is 14.2. The van der Waals surface area contributed by atoms with Gasteiger partial charge in [-0.15, -0.1) is 0 Å². The Hall–Kier alpha value is -1.39. The lowest BCUT2D eigenvalue weighted by molar-refractivity contribution is -0.124. The molecule has 0 spiro atoms. The smallest absolute Gasteiger partial charge is 0.229 e. The first-order valence-corrected chi connectivity index (χ1v) is 8.12. The number of amides is 1. The van der Waals surface area contributed by atoms with Gasteiger partial charge in [0.1, 0.15) is 0 Å². The van der Waals surface area contributed by atoms with E-state index in [1.54, 1.807) is 0 Å². The van der Waals surface area contributed by atoms with E-state index in [9.17, 15) is 4.79 Å². The average molecular weight is 285 g/mol. The van der Waals surface area contributed by atoms with Crippen molar-refractivity contribution in [1.29, 1.82) is 0 Å². The van der Waals surface area contributed by atoms with Crippen LogP contribution >= 0.6 is 0 Å². The molecule has 4 nitrogen and oxygen atoms in total. The Bertz CT molecular complexity index is 537. The van der Waals surface area contributed by atoms with Crippen LogP contribution in [-0.4, -0.2) is 43.0 Å². The topological polar surface area (TPSA) is 44.4 Å². The number of benzene rings is 1. The molecule has 2 N–H and O–H groups in total. The van der Waals surface area contributed by atoms with Crippen LogP contribution in [0.15, 0.2) is 24.3 Å². The number of rotatable bonds is 2. The Morgan fingerprint density at radius 2 is 2.05 bits per heavy atom. The fourth-order valence-electron chi connectivity index (χ4n) is 4.14. The maximum Gasteiger partial charge on any atom is 0.229 e. The van der Waals surface area contributed by atoms with Gasteiger partial charge in [0.15, 0.2) is 0 Å². The molecule has 3 saturated heterocycles. The quantitative estimate of drug-likeness (QED) is 0.855. The zero-order valence-electron chi connectivity index (χ0n) is 12.3. The van der Waals surface area contributed by atoms with Gasteiger partial charge in [-0.1, -0.05) is 24.3 Å². The molecule has 1 aromatic rings. The van der Waals surface area contributed by atoms with E-state index >= 15 is 0 Å². The number of carbonyl (C=O) groups is 1. The van der Waals surface area contributed by atoms with Crippen LogP contribution in [0.4, 0.5) is 0 Å². The van der Waals surface area contributed by atoms with Gasteiger partial charge in [0.25, 0.3) is 0 Å². The number of hydrogen-bond acceptors (Lipinski definition) is 3. The predicted molar refractivity (Wildman–Crippen MR) is 82.0 cm³/mol. The standard InChI is InChI=1S/C17H23N3O/c21-17(19-16-11-20-7-5-12(16)6-8-20)15-10-18-9-13-3-1-2-4-14(13)15/h1-4,12,15-16,18H,5-11H2,(H,19,21). The molecular formula is C17H23N3O. The summed E-state index contributed by atoms with van der Waals surface area (Å²) in [6.07, 6.45) is 2.48. The van der Waals surface area contributed by atoms with Gasteiger partial charge in [-0.05, 0) is 43.0 Å². The number of fused-ring (bicyclic) bond motifs is 4. The van der Waals surface area contributed by atoms with Gasteiger partial charge >= 0.3 is 0 Å². The van der Waals surface area contributed by atoms with Crippen molar-refractivity contribution in [3.63, 3.8) is 0 Å². The van der Waals surface area contributed by atoms with Crippen molar-refractivity contribution < 1.29 is 4.79 Å². The third-order valence-corrected chi connectivity index (χ3v) is 5.39. The lowest BCUT2D eigenvalue weighted by Gasteiger charge is -2.45. The Kier molecular flexibility index (Phi) is 3.43. The summed E-state index contributed by atoms with van der Waals surface area (Å²) < 4.78 is 0. The zero-order valence-corrected chi connectivity index (χ0v) is 12.3. The first-order chi connectivity index (χ1) is 10.3. The van der Waals surface area contributed by atoms with E-state index in [0.29, 0.717) is 12.0 Å². The Labute approximate surface area is 125 Å². The number of nitrogens with zero attached hydrogens (tertiary/aromatic N) is 1. The minimum atomic E-state index is -0.0367. The minimum Gasteiger partial charge on any atom is -0.351 e. The number of piperidine rings is 3. The minimum absolute atomic E-state index is 0.0367. The van der Waals surface area contributed by atoms with Gasteiger partial charge in [-0.25, -0.2) is 0 Å². The molecule has 4 aliphatic rings. The van der Waals surface area contributed by atoms with E-state index in [4.69, 9.17) is 0 Å². The van der Waals surface area contributed by atoms with Crippen LogP contribution in [0.5, 0.6) is 0 Å². The van der Waals surface area contributed by atoms with E-state index < -0.39 is 0 Å². The maximum atomic E-state index is 12.7. The molecule has 1 aromatic carbocycles. The summed E-state index contributed by atoms with van der Waals surface area (Å²) in [5.41, 5.74) is 2.47. The first-order valence-electron chi connectivity index (χ1n) is 8.12. The molecule has 112 valence electrons. The second-order valence-electron chi connectivity index (χ2n) is 6.64. The van der Waals surface area contributed by atoms with Crippen molar-refractivity contribution in [3.8, 4) is 0 Å². The molecule has 2 unspecified atom stereocenters. The predicted octanol–water partition coefficient (Wildman–Crippen LogP) is 1.08. The SMILES string of the molecule is O=C(NC1CN2CCC1CC2)C1CNCc2ccccc21. The van der Waals surface area contributed by atoms with Crippen LogP contribution in [0, 0.1) is 5.92 Å². The lowest BCUT2D eigenvalue weighted by atomic mass is 9.83. The molecule has 1 amide bonds. The van der Waals surface area contributed by atoms with E-state index in [1.165, 1.54) is 37.1 Å². The van der Waals surface area contributed by atoms with Crippen molar-refractivity contribution in [2.75, 3.05) is 26.2 Å². The van der Waals surface area contributed by atoms with Crippen molar-refractivity contribution in [1.82, 2.24) is 15.5 Å². The van der Waals surface area contributed by atoms with Crippen LogP contribution in [0.1, 0.15) is 29.9 Å². The molecule has 0 radical (unpaired) electrons. The van der Waals surface area contributed by atoms with Crippen molar-refractivity contribution in [2.45, 2.75) is 31.3 Å². The van der Waals surface area contributed by atoms with Crippen LogP contribution < -0.4 is 10.6 Å². The summed E-state index contributed by atoms with van der Waals surface area (Å²) >= 11 is 0. The van der Waals surface area contributed by atoms with Gasteiger partial charge in [0.05, 0.1) is 5.92 Å². The lowest BCUT2D eigenvalue weighted by Crippen LogP contribution is -2.58. The molecule has 3 fully saturated rings. The van der Waals surface area contributed by atoms with Crippen LogP contribution in [0.2, 0.25) is 0 Å². The molecule has 0 saturated carbocycles. The first kappa shape index (κ1) is 13.3. The molecular weight excluding hydrogens is 262 g/mol. The van der Waals surface area contributed by atoms with Crippen molar-refractivity contribution in [2.24, 2.45) is 5.92 Å². The summed E-state index contributed by atoms with van der Waals surface area (Å²) in [5.74, 6) is 0.851. The summed E-state index contributed by atoms with van der Waals surface area (Å²) in [5, 5.41) is 6.71. The van der Waals surface area contributed by atoms with Gasteiger partial charge in [-0.3, -0.25) is 4.79 Å². The third-order valence-electron chi connectivity index (χ3n) is 5.39. The second kappa shape index (κ2) is 5.43. The van der Waals surface area contributed by atoms with E-state index in [1.807, 2.05) is 12.1 Å². The Morgan fingerprint density at radius 1 is 1.24 bits per heavy atom. The highest BCUT2D eigenvalue weighted by molar-refractivity contribution is 5.85. The fraction of sp³-hybridized carbons (Fsp3) is 0.588.